The summed E-state index contributed by atoms with van der Waals surface area (Å²) >= 11 is 0. The van der Waals surface area contributed by atoms with Crippen molar-refractivity contribution < 1.29 is 19.1 Å². The van der Waals surface area contributed by atoms with Crippen molar-refractivity contribution in [1.29, 1.82) is 0 Å². The topological polar surface area (TPSA) is 59.7 Å². The molecule has 1 aromatic rings. The highest BCUT2D eigenvalue weighted by Gasteiger charge is 1.95. The maximum absolute atomic E-state index is 10.3. The molecule has 0 aliphatic carbocycles. The van der Waals surface area contributed by atoms with E-state index in [1.54, 1.807) is 18.2 Å². The molecule has 0 spiro atoms. The van der Waals surface area contributed by atoms with E-state index in [0.29, 0.717) is 5.76 Å². The average Bonchev–Trinajstić information content (AvgIpc) is 2.64. The Balaban J connectivity index is 2.70. The molecule has 0 saturated heterocycles. The van der Waals surface area contributed by atoms with Gasteiger partial charge in [-0.2, -0.15) is 0 Å². The number of methoxy groups -OCH3 is 1. The van der Waals surface area contributed by atoms with E-state index in [-0.39, 0.29) is 5.76 Å². The van der Waals surface area contributed by atoms with Crippen LogP contribution in [-0.2, 0) is 9.53 Å². The zero-order valence-corrected chi connectivity index (χ0v) is 7.64. The van der Waals surface area contributed by atoms with Gasteiger partial charge in [0.2, 0.25) is 0 Å². The van der Waals surface area contributed by atoms with Crippen LogP contribution in [0.2, 0.25) is 0 Å². The molecule has 0 aliphatic rings. The SMILES string of the molecule is COC(C=Cc1ccco1)=CC(=O)O. The van der Waals surface area contributed by atoms with Crippen molar-refractivity contribution in [3.05, 3.63) is 42.1 Å². The third kappa shape index (κ3) is 3.18. The number of hydrogen-bond donors (Lipinski definition) is 1. The molecular weight excluding hydrogens is 184 g/mol. The van der Waals surface area contributed by atoms with Crippen LogP contribution >= 0.6 is 0 Å². The van der Waals surface area contributed by atoms with Crippen molar-refractivity contribution in [2.45, 2.75) is 0 Å². The monoisotopic (exact) mass is 194 g/mol. The molecule has 0 bridgehead atoms. The molecular formula is C10H10O4. The number of hydrogen-bond acceptors (Lipinski definition) is 3. The number of aliphatic carboxylic acids is 1. The number of allylic oxidation sites excluding steroid dienone is 1. The van der Waals surface area contributed by atoms with E-state index >= 15 is 0 Å². The first-order valence-corrected chi connectivity index (χ1v) is 3.92. The van der Waals surface area contributed by atoms with Crippen molar-refractivity contribution in [1.82, 2.24) is 0 Å². The Morgan fingerprint density at radius 1 is 1.64 bits per heavy atom. The Morgan fingerprint density at radius 3 is 2.93 bits per heavy atom. The van der Waals surface area contributed by atoms with Crippen molar-refractivity contribution in [3.63, 3.8) is 0 Å². The van der Waals surface area contributed by atoms with Crippen LogP contribution in [0.1, 0.15) is 5.76 Å². The van der Waals surface area contributed by atoms with Gasteiger partial charge in [0.25, 0.3) is 0 Å². The highest BCUT2D eigenvalue weighted by molar-refractivity contribution is 5.81. The molecule has 0 radical (unpaired) electrons. The Kier molecular flexibility index (Phi) is 3.55. The van der Waals surface area contributed by atoms with Crippen LogP contribution in [0.5, 0.6) is 0 Å². The number of carbonyl (C=O) groups is 1. The minimum Gasteiger partial charge on any atom is -0.496 e. The quantitative estimate of drug-likeness (QED) is 0.452. The van der Waals surface area contributed by atoms with Crippen LogP contribution in [-0.4, -0.2) is 18.2 Å². The van der Waals surface area contributed by atoms with Gasteiger partial charge in [0.05, 0.1) is 19.4 Å². The Bertz CT molecular complexity index is 346. The van der Waals surface area contributed by atoms with Crippen molar-refractivity contribution in [3.8, 4) is 0 Å². The lowest BCUT2D eigenvalue weighted by molar-refractivity contribution is -0.131. The molecule has 1 N–H and O–H groups in total. The molecule has 1 rings (SSSR count). The van der Waals surface area contributed by atoms with Crippen LogP contribution in [0.4, 0.5) is 0 Å². The molecule has 0 unspecified atom stereocenters. The molecule has 1 aromatic heterocycles. The lowest BCUT2D eigenvalue weighted by Crippen LogP contribution is -1.91. The molecule has 4 nitrogen and oxygen atoms in total. The summed E-state index contributed by atoms with van der Waals surface area (Å²) in [5.41, 5.74) is 0. The number of furan rings is 1. The summed E-state index contributed by atoms with van der Waals surface area (Å²) in [4.78, 5) is 10.3. The van der Waals surface area contributed by atoms with Crippen molar-refractivity contribution in [2.75, 3.05) is 7.11 Å². The van der Waals surface area contributed by atoms with Gasteiger partial charge in [0.1, 0.15) is 11.5 Å². The lowest BCUT2D eigenvalue weighted by atomic mass is 10.3. The summed E-state index contributed by atoms with van der Waals surface area (Å²) in [6.07, 6.45) is 5.65. The smallest absolute Gasteiger partial charge is 0.332 e. The molecule has 0 aliphatic heterocycles. The van der Waals surface area contributed by atoms with Crippen LogP contribution in [0, 0.1) is 0 Å². The van der Waals surface area contributed by atoms with E-state index in [9.17, 15) is 4.79 Å². The highest BCUT2D eigenvalue weighted by Crippen LogP contribution is 2.06. The Hall–Kier alpha value is -1.97. The van der Waals surface area contributed by atoms with E-state index in [1.165, 1.54) is 19.4 Å². The van der Waals surface area contributed by atoms with Gasteiger partial charge in [-0.3, -0.25) is 0 Å². The molecule has 0 fully saturated rings. The number of carboxylic acids is 1. The number of ether oxygens (including phenoxy) is 1. The fourth-order valence-corrected chi connectivity index (χ4v) is 0.847. The predicted molar refractivity (Wildman–Crippen MR) is 50.5 cm³/mol. The first-order chi connectivity index (χ1) is 6.72. The summed E-state index contributed by atoms with van der Waals surface area (Å²) in [5, 5.41) is 8.46. The fourth-order valence-electron chi connectivity index (χ4n) is 0.847. The summed E-state index contributed by atoms with van der Waals surface area (Å²) in [5.74, 6) is -0.154. The third-order valence-corrected chi connectivity index (χ3v) is 1.46. The van der Waals surface area contributed by atoms with Gasteiger partial charge in [0, 0.05) is 0 Å². The fraction of sp³-hybridized carbons (Fsp3) is 0.100. The normalized spacial score (nSPS) is 11.9. The second kappa shape index (κ2) is 4.91. The van der Waals surface area contributed by atoms with Crippen LogP contribution in [0.25, 0.3) is 6.08 Å². The van der Waals surface area contributed by atoms with Gasteiger partial charge in [0.15, 0.2) is 0 Å². The van der Waals surface area contributed by atoms with E-state index in [1.807, 2.05) is 0 Å². The van der Waals surface area contributed by atoms with Gasteiger partial charge in [-0.25, -0.2) is 4.79 Å². The van der Waals surface area contributed by atoms with Gasteiger partial charge in [-0.15, -0.1) is 0 Å². The predicted octanol–water partition coefficient (Wildman–Crippen LogP) is 1.91. The molecule has 74 valence electrons. The van der Waals surface area contributed by atoms with E-state index in [0.717, 1.165) is 6.08 Å². The maximum Gasteiger partial charge on any atom is 0.332 e. The van der Waals surface area contributed by atoms with Gasteiger partial charge >= 0.3 is 5.97 Å². The largest absolute Gasteiger partial charge is 0.496 e. The molecule has 0 saturated carbocycles. The number of carboxylic acid groups (broad SMARTS) is 1. The molecule has 0 amide bonds. The number of rotatable bonds is 4. The van der Waals surface area contributed by atoms with Gasteiger partial charge < -0.3 is 14.3 Å². The maximum atomic E-state index is 10.3. The van der Waals surface area contributed by atoms with Gasteiger partial charge in [-0.05, 0) is 24.3 Å². The van der Waals surface area contributed by atoms with Crippen molar-refractivity contribution in [2.24, 2.45) is 0 Å². The lowest BCUT2D eigenvalue weighted by Gasteiger charge is -1.96. The average molecular weight is 194 g/mol. The van der Waals surface area contributed by atoms with Gasteiger partial charge in [-0.1, -0.05) is 0 Å². The summed E-state index contributed by atoms with van der Waals surface area (Å²) in [6, 6.07) is 3.50. The summed E-state index contributed by atoms with van der Waals surface area (Å²) in [6.45, 7) is 0. The second-order valence-corrected chi connectivity index (χ2v) is 2.44. The first-order valence-electron chi connectivity index (χ1n) is 3.92. The van der Waals surface area contributed by atoms with Crippen LogP contribution in [0.15, 0.2) is 40.7 Å². The van der Waals surface area contributed by atoms with Crippen LogP contribution in [0.3, 0.4) is 0 Å². The first kappa shape index (κ1) is 10.1. The minimum absolute atomic E-state index is 0.258. The Labute approximate surface area is 81.1 Å². The Morgan fingerprint density at radius 2 is 2.43 bits per heavy atom. The molecule has 14 heavy (non-hydrogen) atoms. The van der Waals surface area contributed by atoms with E-state index in [4.69, 9.17) is 14.3 Å². The third-order valence-electron chi connectivity index (χ3n) is 1.46. The highest BCUT2D eigenvalue weighted by atomic mass is 16.5. The van der Waals surface area contributed by atoms with E-state index < -0.39 is 5.97 Å². The molecule has 4 heteroatoms. The molecule has 0 aromatic carbocycles. The van der Waals surface area contributed by atoms with Crippen molar-refractivity contribution >= 4 is 12.0 Å². The summed E-state index contributed by atoms with van der Waals surface area (Å²) in [7, 11) is 1.40. The van der Waals surface area contributed by atoms with E-state index in [2.05, 4.69) is 0 Å². The summed E-state index contributed by atoms with van der Waals surface area (Å²) < 4.78 is 9.83. The van der Waals surface area contributed by atoms with Crippen LogP contribution < -0.4 is 0 Å². The standard InChI is InChI=1S/C10H10O4/c1-13-9(7-10(11)12)5-4-8-3-2-6-14-8/h2-7H,1H3,(H,11,12). The zero-order chi connectivity index (χ0) is 10.4. The second-order valence-electron chi connectivity index (χ2n) is 2.44. The zero-order valence-electron chi connectivity index (χ0n) is 7.64. The molecule has 0 atom stereocenters. The minimum atomic E-state index is -1.05. The molecule has 1 heterocycles.